The number of aryl methyl sites for hydroxylation is 1. The summed E-state index contributed by atoms with van der Waals surface area (Å²) in [5, 5.41) is 14.2. The van der Waals surface area contributed by atoms with Crippen molar-refractivity contribution in [1.82, 2.24) is 24.1 Å². The lowest BCUT2D eigenvalue weighted by molar-refractivity contribution is 0.313. The van der Waals surface area contributed by atoms with Gasteiger partial charge in [0.25, 0.3) is 0 Å². The average Bonchev–Trinajstić information content (AvgIpc) is 3.15. The van der Waals surface area contributed by atoms with Gasteiger partial charge in [-0.05, 0) is 19.8 Å². The van der Waals surface area contributed by atoms with Crippen molar-refractivity contribution < 1.29 is 8.42 Å². The minimum atomic E-state index is -3.12. The van der Waals surface area contributed by atoms with Crippen LogP contribution in [0.1, 0.15) is 30.1 Å². The lowest BCUT2D eigenvalue weighted by Gasteiger charge is -2.28. The maximum absolute atomic E-state index is 11.7. The van der Waals surface area contributed by atoms with Crippen LogP contribution in [-0.4, -0.2) is 51.9 Å². The number of rotatable bonds is 3. The summed E-state index contributed by atoms with van der Waals surface area (Å²) in [5.41, 5.74) is 2.28. The Kier molecular flexibility index (Phi) is 4.09. The second kappa shape index (κ2) is 6.15. The summed E-state index contributed by atoms with van der Waals surface area (Å²) >= 11 is 1.52. The van der Waals surface area contributed by atoms with E-state index in [-0.39, 0.29) is 5.92 Å². The molecule has 3 heterocycles. The van der Waals surface area contributed by atoms with Crippen molar-refractivity contribution in [2.45, 2.75) is 25.7 Å². The van der Waals surface area contributed by atoms with Crippen LogP contribution in [0.15, 0.2) is 24.3 Å². The molecular weight excluding hydrogens is 358 g/mol. The highest BCUT2D eigenvalue weighted by Crippen LogP contribution is 2.31. The number of fused-ring (bicyclic) bond motifs is 1. The second-order valence-electron chi connectivity index (χ2n) is 6.46. The van der Waals surface area contributed by atoms with E-state index in [1.54, 1.807) is 0 Å². The summed E-state index contributed by atoms with van der Waals surface area (Å²) in [6.45, 7) is 3.10. The average molecular weight is 377 g/mol. The normalized spacial score (nSPS) is 17.4. The molecule has 0 radical (unpaired) electrons. The molecule has 0 bridgehead atoms. The van der Waals surface area contributed by atoms with E-state index >= 15 is 0 Å². The molecule has 0 atom stereocenters. The highest BCUT2D eigenvalue weighted by atomic mass is 32.2. The van der Waals surface area contributed by atoms with Crippen LogP contribution in [0.3, 0.4) is 0 Å². The summed E-state index contributed by atoms with van der Waals surface area (Å²) < 4.78 is 26.7. The van der Waals surface area contributed by atoms with Crippen molar-refractivity contribution in [3.05, 3.63) is 35.7 Å². The Labute approximate surface area is 150 Å². The molecule has 9 heteroatoms. The van der Waals surface area contributed by atoms with Crippen LogP contribution in [0, 0.1) is 6.92 Å². The first kappa shape index (κ1) is 16.6. The second-order valence-corrected chi connectivity index (χ2v) is 9.40. The summed E-state index contributed by atoms with van der Waals surface area (Å²) in [7, 11) is -3.12. The Morgan fingerprint density at radius 3 is 2.44 bits per heavy atom. The number of piperidine rings is 1. The quantitative estimate of drug-likeness (QED) is 0.700. The molecule has 1 aliphatic rings. The zero-order valence-electron chi connectivity index (χ0n) is 14.1. The van der Waals surface area contributed by atoms with E-state index < -0.39 is 10.0 Å². The van der Waals surface area contributed by atoms with Gasteiger partial charge in [0.15, 0.2) is 5.82 Å². The number of benzene rings is 1. The Bertz CT molecular complexity index is 999. The Morgan fingerprint density at radius 1 is 1.12 bits per heavy atom. The van der Waals surface area contributed by atoms with E-state index in [2.05, 4.69) is 41.4 Å². The third-order valence-corrected chi connectivity index (χ3v) is 6.85. The molecule has 132 valence electrons. The van der Waals surface area contributed by atoms with Crippen molar-refractivity contribution in [2.75, 3.05) is 19.3 Å². The van der Waals surface area contributed by atoms with Crippen LogP contribution in [0.5, 0.6) is 0 Å². The van der Waals surface area contributed by atoms with Crippen molar-refractivity contribution in [3.8, 4) is 10.6 Å². The molecule has 0 spiro atoms. The molecule has 7 nitrogen and oxygen atoms in total. The van der Waals surface area contributed by atoms with Gasteiger partial charge in [-0.2, -0.15) is 9.61 Å². The predicted octanol–water partition coefficient (Wildman–Crippen LogP) is 2.30. The Hall–Kier alpha value is -1.84. The van der Waals surface area contributed by atoms with E-state index in [1.807, 2.05) is 4.52 Å². The van der Waals surface area contributed by atoms with Gasteiger partial charge in [-0.25, -0.2) is 12.7 Å². The molecule has 1 aromatic carbocycles. The lowest BCUT2D eigenvalue weighted by atomic mass is 9.97. The van der Waals surface area contributed by atoms with Crippen molar-refractivity contribution in [3.63, 3.8) is 0 Å². The molecule has 0 N–H and O–H groups in total. The van der Waals surface area contributed by atoms with Crippen molar-refractivity contribution >= 4 is 26.3 Å². The molecule has 3 aromatic rings. The molecule has 1 aliphatic heterocycles. The first-order chi connectivity index (χ1) is 11.9. The largest absolute Gasteiger partial charge is 0.234 e. The number of sulfonamides is 1. The van der Waals surface area contributed by atoms with Gasteiger partial charge in [-0.3, -0.25) is 0 Å². The third kappa shape index (κ3) is 3.19. The molecule has 0 unspecified atom stereocenters. The Balaban J connectivity index is 1.60. The van der Waals surface area contributed by atoms with E-state index in [4.69, 9.17) is 5.10 Å². The molecule has 2 aromatic heterocycles. The smallest absolute Gasteiger partial charge is 0.213 e. The molecule has 4 rings (SSSR count). The van der Waals surface area contributed by atoms with Crippen LogP contribution >= 0.6 is 11.3 Å². The zero-order valence-corrected chi connectivity index (χ0v) is 15.7. The van der Waals surface area contributed by atoms with Gasteiger partial charge < -0.3 is 0 Å². The highest BCUT2D eigenvalue weighted by molar-refractivity contribution is 7.88. The zero-order chi connectivity index (χ0) is 17.6. The SMILES string of the molecule is Cc1ccc(-c2nn3c(C4CCN(S(C)(=O)=O)CC4)nnc3s2)cc1. The van der Waals surface area contributed by atoms with Gasteiger partial charge >= 0.3 is 0 Å². The van der Waals surface area contributed by atoms with E-state index in [0.717, 1.165) is 34.2 Å². The summed E-state index contributed by atoms with van der Waals surface area (Å²) in [4.78, 5) is 0.774. The van der Waals surface area contributed by atoms with Gasteiger partial charge in [-0.15, -0.1) is 10.2 Å². The van der Waals surface area contributed by atoms with Gasteiger partial charge in [0.1, 0.15) is 5.01 Å². The number of nitrogens with zero attached hydrogens (tertiary/aromatic N) is 5. The van der Waals surface area contributed by atoms with Crippen LogP contribution in [0.25, 0.3) is 15.5 Å². The fourth-order valence-electron chi connectivity index (χ4n) is 3.15. The highest BCUT2D eigenvalue weighted by Gasteiger charge is 2.29. The van der Waals surface area contributed by atoms with Crippen LogP contribution in [0.2, 0.25) is 0 Å². The maximum atomic E-state index is 11.7. The van der Waals surface area contributed by atoms with E-state index in [1.165, 1.54) is 27.5 Å². The fraction of sp³-hybridized carbons (Fsp3) is 0.438. The minimum Gasteiger partial charge on any atom is -0.213 e. The molecule has 1 fully saturated rings. The third-order valence-electron chi connectivity index (χ3n) is 4.60. The van der Waals surface area contributed by atoms with Crippen LogP contribution in [-0.2, 0) is 10.0 Å². The van der Waals surface area contributed by atoms with E-state index in [0.29, 0.717) is 13.1 Å². The molecule has 25 heavy (non-hydrogen) atoms. The van der Waals surface area contributed by atoms with Gasteiger partial charge in [0, 0.05) is 24.6 Å². The fourth-order valence-corrected chi connectivity index (χ4v) is 4.87. The van der Waals surface area contributed by atoms with Gasteiger partial charge in [0.2, 0.25) is 15.0 Å². The van der Waals surface area contributed by atoms with Crippen LogP contribution in [0.4, 0.5) is 0 Å². The first-order valence-corrected chi connectivity index (χ1v) is 10.8. The lowest BCUT2D eigenvalue weighted by Crippen LogP contribution is -2.37. The predicted molar refractivity (Wildman–Crippen MR) is 97.2 cm³/mol. The first-order valence-electron chi connectivity index (χ1n) is 8.16. The molecule has 0 saturated carbocycles. The minimum absolute atomic E-state index is 0.181. The Morgan fingerprint density at radius 2 is 1.80 bits per heavy atom. The van der Waals surface area contributed by atoms with Crippen LogP contribution < -0.4 is 0 Å². The number of hydrogen-bond donors (Lipinski definition) is 0. The molecule has 0 aliphatic carbocycles. The van der Waals surface area contributed by atoms with Crippen molar-refractivity contribution in [2.24, 2.45) is 0 Å². The van der Waals surface area contributed by atoms with Gasteiger partial charge in [0.05, 0.1) is 6.26 Å². The summed E-state index contributed by atoms with van der Waals surface area (Å²) in [6.07, 6.45) is 2.74. The maximum Gasteiger partial charge on any atom is 0.234 e. The monoisotopic (exact) mass is 377 g/mol. The topological polar surface area (TPSA) is 80.5 Å². The molecule has 0 amide bonds. The number of hydrogen-bond acceptors (Lipinski definition) is 6. The summed E-state index contributed by atoms with van der Waals surface area (Å²) in [6, 6.07) is 8.26. The van der Waals surface area contributed by atoms with E-state index in [9.17, 15) is 8.42 Å². The van der Waals surface area contributed by atoms with Crippen molar-refractivity contribution in [1.29, 1.82) is 0 Å². The molecule has 1 saturated heterocycles. The standard InChI is InChI=1S/C16H19N5O2S2/c1-11-3-5-13(6-4-11)15-19-21-14(17-18-16(21)24-15)12-7-9-20(10-8-12)25(2,22)23/h3-6,12H,7-10H2,1-2H3. The number of aromatic nitrogens is 4. The summed E-state index contributed by atoms with van der Waals surface area (Å²) in [5.74, 6) is 1.01. The van der Waals surface area contributed by atoms with Gasteiger partial charge in [-0.1, -0.05) is 41.2 Å². The molecular formula is C16H19N5O2S2.